The fraction of sp³-hybridized carbons (Fsp3) is 0.250. The number of aryl methyl sites for hydroxylation is 2. The molecule has 0 aromatic heterocycles. The zero-order valence-corrected chi connectivity index (χ0v) is 19.9. The van der Waals surface area contributed by atoms with Crippen molar-refractivity contribution >= 4 is 46.5 Å². The van der Waals surface area contributed by atoms with Crippen molar-refractivity contribution in [3.05, 3.63) is 58.0 Å². The molecule has 3 N–H and O–H groups in total. The Kier molecular flexibility index (Phi) is 7.95. The first kappa shape index (κ1) is 24.8. The van der Waals surface area contributed by atoms with Crippen molar-refractivity contribution in [1.29, 1.82) is 0 Å². The molecule has 0 atom stereocenters. The van der Waals surface area contributed by atoms with Gasteiger partial charge < -0.3 is 20.5 Å². The molecule has 178 valence electrons. The van der Waals surface area contributed by atoms with Gasteiger partial charge in [0.15, 0.2) is 18.1 Å². The molecular weight excluding hydrogens is 458 g/mol. The summed E-state index contributed by atoms with van der Waals surface area (Å²) in [6, 6.07) is 10.3. The molecule has 1 heterocycles. The van der Waals surface area contributed by atoms with Crippen molar-refractivity contribution in [1.82, 2.24) is 4.90 Å². The number of primary amides is 1. The second-order valence-corrected chi connectivity index (χ2v) is 8.50. The lowest BCUT2D eigenvalue weighted by molar-refractivity contribution is -0.127. The Hall–Kier alpha value is -3.79. The van der Waals surface area contributed by atoms with Crippen LogP contribution in [0.2, 0.25) is 0 Å². The normalized spacial score (nSPS) is 14.4. The summed E-state index contributed by atoms with van der Waals surface area (Å²) in [5.74, 6) is -0.959. The van der Waals surface area contributed by atoms with Crippen LogP contribution in [0, 0.1) is 13.8 Å². The monoisotopic (exact) mass is 483 g/mol. The summed E-state index contributed by atoms with van der Waals surface area (Å²) in [5.41, 5.74) is 8.40. The predicted octanol–water partition coefficient (Wildman–Crippen LogP) is 3.24. The number of nitrogens with two attached hydrogens (primary N) is 1. The third-order valence-corrected chi connectivity index (χ3v) is 5.81. The van der Waals surface area contributed by atoms with E-state index in [1.165, 1.54) is 6.08 Å². The first-order valence-electron chi connectivity index (χ1n) is 10.5. The molecule has 0 saturated carbocycles. The van der Waals surface area contributed by atoms with Crippen LogP contribution in [0.25, 0.3) is 6.08 Å². The lowest BCUT2D eigenvalue weighted by atomic mass is 10.1. The average Bonchev–Trinajstić information content (AvgIpc) is 3.03. The molecule has 1 aliphatic heterocycles. The molecule has 0 aliphatic carbocycles. The summed E-state index contributed by atoms with van der Waals surface area (Å²) in [5, 5.41) is 2.18. The summed E-state index contributed by atoms with van der Waals surface area (Å²) in [7, 11) is 0. The summed E-state index contributed by atoms with van der Waals surface area (Å²) >= 11 is 0.752. The van der Waals surface area contributed by atoms with Gasteiger partial charge in [-0.15, -0.1) is 0 Å². The number of nitrogens with one attached hydrogen (secondary N) is 1. The van der Waals surface area contributed by atoms with Crippen molar-refractivity contribution < 1.29 is 28.7 Å². The van der Waals surface area contributed by atoms with Gasteiger partial charge >= 0.3 is 0 Å². The molecule has 1 aliphatic rings. The highest BCUT2D eigenvalue weighted by Crippen LogP contribution is 2.34. The van der Waals surface area contributed by atoms with E-state index in [-0.39, 0.29) is 18.1 Å². The molecule has 34 heavy (non-hydrogen) atoms. The molecule has 0 radical (unpaired) electrons. The fourth-order valence-electron chi connectivity index (χ4n) is 3.10. The van der Waals surface area contributed by atoms with Gasteiger partial charge in [-0.05, 0) is 79.6 Å². The molecule has 10 heteroatoms. The van der Waals surface area contributed by atoms with E-state index in [9.17, 15) is 19.2 Å². The van der Waals surface area contributed by atoms with Gasteiger partial charge in [-0.25, -0.2) is 0 Å². The second kappa shape index (κ2) is 10.9. The lowest BCUT2D eigenvalue weighted by Crippen LogP contribution is -2.36. The number of imide groups is 1. The van der Waals surface area contributed by atoms with E-state index in [1.54, 1.807) is 31.2 Å². The zero-order valence-electron chi connectivity index (χ0n) is 19.0. The number of hydrogen-bond acceptors (Lipinski definition) is 7. The van der Waals surface area contributed by atoms with Crippen LogP contribution < -0.4 is 20.5 Å². The van der Waals surface area contributed by atoms with Gasteiger partial charge in [-0.2, -0.15) is 0 Å². The van der Waals surface area contributed by atoms with E-state index in [1.807, 2.05) is 26.0 Å². The second-order valence-electron chi connectivity index (χ2n) is 7.51. The van der Waals surface area contributed by atoms with E-state index in [0.29, 0.717) is 29.4 Å². The molecule has 4 amide bonds. The zero-order chi connectivity index (χ0) is 24.8. The Bertz CT molecular complexity index is 1180. The average molecular weight is 484 g/mol. The van der Waals surface area contributed by atoms with Crippen LogP contribution >= 0.6 is 11.8 Å². The Balaban J connectivity index is 1.72. The Morgan fingerprint density at radius 3 is 2.50 bits per heavy atom. The molecule has 1 saturated heterocycles. The predicted molar refractivity (Wildman–Crippen MR) is 130 cm³/mol. The maximum Gasteiger partial charge on any atom is 0.294 e. The summed E-state index contributed by atoms with van der Waals surface area (Å²) in [6.07, 6.45) is 1.53. The van der Waals surface area contributed by atoms with Crippen molar-refractivity contribution in [2.75, 3.05) is 25.1 Å². The van der Waals surface area contributed by atoms with E-state index >= 15 is 0 Å². The molecule has 0 unspecified atom stereocenters. The van der Waals surface area contributed by atoms with Crippen LogP contribution in [-0.2, 0) is 14.4 Å². The number of amides is 4. The quantitative estimate of drug-likeness (QED) is 0.524. The minimum Gasteiger partial charge on any atom is -0.490 e. The first-order chi connectivity index (χ1) is 16.2. The Morgan fingerprint density at radius 1 is 1.06 bits per heavy atom. The third-order valence-electron chi connectivity index (χ3n) is 4.90. The fourth-order valence-corrected chi connectivity index (χ4v) is 3.94. The minimum absolute atomic E-state index is 0.178. The van der Waals surface area contributed by atoms with Crippen molar-refractivity contribution in [2.24, 2.45) is 5.73 Å². The van der Waals surface area contributed by atoms with Crippen LogP contribution in [0.1, 0.15) is 23.6 Å². The maximum atomic E-state index is 12.8. The van der Waals surface area contributed by atoms with Gasteiger partial charge in [0.1, 0.15) is 6.54 Å². The highest BCUT2D eigenvalue weighted by atomic mass is 32.2. The van der Waals surface area contributed by atoms with Gasteiger partial charge in [0.2, 0.25) is 5.91 Å². The summed E-state index contributed by atoms with van der Waals surface area (Å²) in [6.45, 7) is 5.34. The number of benzene rings is 2. The van der Waals surface area contributed by atoms with Crippen LogP contribution in [0.5, 0.6) is 11.5 Å². The molecule has 2 aromatic rings. The summed E-state index contributed by atoms with van der Waals surface area (Å²) in [4.78, 5) is 49.7. The van der Waals surface area contributed by atoms with E-state index in [0.717, 1.165) is 27.8 Å². The number of anilines is 1. The lowest BCUT2D eigenvalue weighted by Gasteiger charge is -2.13. The van der Waals surface area contributed by atoms with Crippen molar-refractivity contribution in [3.63, 3.8) is 0 Å². The van der Waals surface area contributed by atoms with Gasteiger partial charge in [0.05, 0.1) is 11.5 Å². The third kappa shape index (κ3) is 6.16. The maximum absolute atomic E-state index is 12.8. The molecule has 0 bridgehead atoms. The molecule has 9 nitrogen and oxygen atoms in total. The Morgan fingerprint density at radius 2 is 1.82 bits per heavy atom. The van der Waals surface area contributed by atoms with E-state index in [2.05, 4.69) is 5.32 Å². The highest BCUT2D eigenvalue weighted by Gasteiger charge is 2.36. The number of nitrogens with zero attached hydrogens (tertiary/aromatic N) is 1. The number of hydrogen-bond donors (Lipinski definition) is 2. The van der Waals surface area contributed by atoms with Gasteiger partial charge in [-0.3, -0.25) is 24.1 Å². The standard InChI is InChI=1S/C24H25N3O6S/c1-4-32-19-10-16(6-8-18(19)33-13-21(25)28)11-20-23(30)27(24(31)34-20)12-22(29)26-17-7-5-14(2)15(3)9-17/h5-11H,4,12-13H2,1-3H3,(H2,25,28)(H,26,29)/b20-11-. The number of carbonyl (C=O) groups is 4. The molecule has 2 aromatic carbocycles. The molecular formula is C24H25N3O6S. The topological polar surface area (TPSA) is 128 Å². The van der Waals surface area contributed by atoms with E-state index < -0.39 is 23.0 Å². The molecule has 0 spiro atoms. The van der Waals surface area contributed by atoms with Gasteiger partial charge in [0, 0.05) is 5.69 Å². The van der Waals surface area contributed by atoms with E-state index in [4.69, 9.17) is 15.2 Å². The van der Waals surface area contributed by atoms with Crippen LogP contribution in [-0.4, -0.2) is 47.6 Å². The van der Waals surface area contributed by atoms with Crippen LogP contribution in [0.15, 0.2) is 41.3 Å². The summed E-state index contributed by atoms with van der Waals surface area (Å²) < 4.78 is 10.9. The SMILES string of the molecule is CCOc1cc(/C=C2\SC(=O)N(CC(=O)Nc3ccc(C)c(C)c3)C2=O)ccc1OCC(N)=O. The van der Waals surface area contributed by atoms with Crippen molar-refractivity contribution in [2.45, 2.75) is 20.8 Å². The van der Waals surface area contributed by atoms with Crippen LogP contribution in [0.4, 0.5) is 10.5 Å². The number of ether oxygens (including phenoxy) is 2. The number of thioether (sulfide) groups is 1. The highest BCUT2D eigenvalue weighted by molar-refractivity contribution is 8.18. The van der Waals surface area contributed by atoms with Gasteiger partial charge in [0.25, 0.3) is 17.1 Å². The van der Waals surface area contributed by atoms with Crippen LogP contribution in [0.3, 0.4) is 0 Å². The smallest absolute Gasteiger partial charge is 0.294 e. The minimum atomic E-state index is -0.623. The Labute approximate surface area is 201 Å². The van der Waals surface area contributed by atoms with Crippen molar-refractivity contribution in [3.8, 4) is 11.5 Å². The molecule has 1 fully saturated rings. The first-order valence-corrected chi connectivity index (χ1v) is 11.3. The number of rotatable bonds is 9. The van der Waals surface area contributed by atoms with Gasteiger partial charge in [-0.1, -0.05) is 12.1 Å². The largest absolute Gasteiger partial charge is 0.490 e. The number of carbonyl (C=O) groups excluding carboxylic acids is 4. The molecule has 3 rings (SSSR count).